The number of aryl methyl sites for hydroxylation is 2. The number of aromatic nitrogens is 1. The summed E-state index contributed by atoms with van der Waals surface area (Å²) in [4.78, 5) is 15.2. The van der Waals surface area contributed by atoms with E-state index in [0.717, 1.165) is 58.1 Å². The van der Waals surface area contributed by atoms with Gasteiger partial charge in [0.1, 0.15) is 0 Å². The highest BCUT2D eigenvalue weighted by atomic mass is 127. The molecule has 2 aromatic rings. The molecule has 1 aromatic carbocycles. The van der Waals surface area contributed by atoms with E-state index in [2.05, 4.69) is 63.2 Å². The average molecular weight is 513 g/mol. The van der Waals surface area contributed by atoms with E-state index in [-0.39, 0.29) is 24.0 Å². The van der Waals surface area contributed by atoms with Crippen molar-refractivity contribution in [2.75, 3.05) is 39.8 Å². The van der Waals surface area contributed by atoms with Crippen LogP contribution in [-0.4, -0.2) is 60.5 Å². The minimum atomic E-state index is 0. The second-order valence-corrected chi connectivity index (χ2v) is 8.25. The molecule has 0 amide bonds. The second kappa shape index (κ2) is 11.7. The van der Waals surface area contributed by atoms with Gasteiger partial charge in [-0.3, -0.25) is 9.89 Å². The summed E-state index contributed by atoms with van der Waals surface area (Å²) in [6.45, 7) is 10.4. The molecule has 0 radical (unpaired) electrons. The molecule has 0 bridgehead atoms. The summed E-state index contributed by atoms with van der Waals surface area (Å²) in [6, 6.07) is 8.82. The molecule has 3 rings (SSSR count). The Balaban J connectivity index is 0.00000280. The minimum Gasteiger partial charge on any atom is -0.356 e. The van der Waals surface area contributed by atoms with Crippen molar-refractivity contribution >= 4 is 41.3 Å². The number of halogens is 1. The summed E-state index contributed by atoms with van der Waals surface area (Å²) < 4.78 is 0. The molecule has 154 valence electrons. The molecule has 1 N–H and O–H groups in total. The Hall–Kier alpha value is -1.19. The van der Waals surface area contributed by atoms with Crippen molar-refractivity contribution in [2.45, 2.75) is 33.2 Å². The van der Waals surface area contributed by atoms with Crippen molar-refractivity contribution < 1.29 is 0 Å². The Morgan fingerprint density at radius 2 is 2.04 bits per heavy atom. The zero-order valence-electron chi connectivity index (χ0n) is 17.1. The van der Waals surface area contributed by atoms with Crippen LogP contribution in [0.4, 0.5) is 0 Å². The van der Waals surface area contributed by atoms with Crippen LogP contribution in [-0.2, 0) is 19.4 Å². The van der Waals surface area contributed by atoms with Crippen molar-refractivity contribution in [1.82, 2.24) is 20.1 Å². The van der Waals surface area contributed by atoms with Gasteiger partial charge in [0.2, 0.25) is 0 Å². The van der Waals surface area contributed by atoms with Crippen LogP contribution in [0, 0.1) is 6.92 Å². The van der Waals surface area contributed by atoms with Gasteiger partial charge in [0, 0.05) is 63.8 Å². The second-order valence-electron chi connectivity index (χ2n) is 7.05. The number of hydrogen-bond donors (Lipinski definition) is 1. The van der Waals surface area contributed by atoms with Crippen LogP contribution in [0.25, 0.3) is 0 Å². The lowest BCUT2D eigenvalue weighted by Gasteiger charge is -2.36. The molecule has 0 aliphatic carbocycles. The van der Waals surface area contributed by atoms with Crippen LogP contribution >= 0.6 is 35.3 Å². The molecule has 2 heterocycles. The SMILES string of the molecule is CCc1cnc(CCNC(=NC)N2CCN(Cc3cccc(C)c3)CC2)s1.I. The summed E-state index contributed by atoms with van der Waals surface area (Å²) in [5.41, 5.74) is 2.74. The Morgan fingerprint density at radius 1 is 1.25 bits per heavy atom. The number of aliphatic imine (C=N–C) groups is 1. The van der Waals surface area contributed by atoms with Gasteiger partial charge in [0.05, 0.1) is 5.01 Å². The summed E-state index contributed by atoms with van der Waals surface area (Å²) >= 11 is 1.82. The summed E-state index contributed by atoms with van der Waals surface area (Å²) in [6.07, 6.45) is 4.03. The van der Waals surface area contributed by atoms with E-state index in [0.29, 0.717) is 0 Å². The highest BCUT2D eigenvalue weighted by Crippen LogP contribution is 2.14. The highest BCUT2D eigenvalue weighted by molar-refractivity contribution is 14.0. The average Bonchev–Trinajstić information content (AvgIpc) is 3.14. The van der Waals surface area contributed by atoms with Gasteiger partial charge < -0.3 is 10.2 Å². The van der Waals surface area contributed by atoms with Gasteiger partial charge in [0.15, 0.2) is 5.96 Å². The third-order valence-corrected chi connectivity index (χ3v) is 6.15. The van der Waals surface area contributed by atoms with Crippen LogP contribution in [0.15, 0.2) is 35.5 Å². The Kier molecular flexibility index (Phi) is 9.67. The maximum absolute atomic E-state index is 4.50. The number of guanidine groups is 1. The van der Waals surface area contributed by atoms with Gasteiger partial charge in [-0.25, -0.2) is 4.98 Å². The van der Waals surface area contributed by atoms with Crippen LogP contribution in [0.5, 0.6) is 0 Å². The first-order chi connectivity index (χ1) is 13.2. The van der Waals surface area contributed by atoms with Crippen molar-refractivity contribution in [3.05, 3.63) is 51.5 Å². The lowest BCUT2D eigenvalue weighted by Crippen LogP contribution is -2.52. The minimum absolute atomic E-state index is 0. The quantitative estimate of drug-likeness (QED) is 0.365. The predicted octanol–water partition coefficient (Wildman–Crippen LogP) is 3.57. The van der Waals surface area contributed by atoms with Gasteiger partial charge in [-0.15, -0.1) is 35.3 Å². The van der Waals surface area contributed by atoms with E-state index in [1.165, 1.54) is 21.0 Å². The van der Waals surface area contributed by atoms with Gasteiger partial charge >= 0.3 is 0 Å². The number of nitrogens with zero attached hydrogens (tertiary/aromatic N) is 4. The van der Waals surface area contributed by atoms with Gasteiger partial charge in [-0.1, -0.05) is 36.8 Å². The summed E-state index contributed by atoms with van der Waals surface area (Å²) in [5.74, 6) is 1.01. The number of rotatable bonds is 6. The first kappa shape index (κ1) is 23.1. The predicted molar refractivity (Wildman–Crippen MR) is 130 cm³/mol. The molecule has 0 unspecified atom stereocenters. The molecule has 1 saturated heterocycles. The first-order valence-electron chi connectivity index (χ1n) is 9.85. The third kappa shape index (κ3) is 6.70. The molecular formula is C21H32IN5S. The van der Waals surface area contributed by atoms with Gasteiger partial charge in [0.25, 0.3) is 0 Å². The van der Waals surface area contributed by atoms with Crippen LogP contribution in [0.1, 0.15) is 27.9 Å². The molecule has 1 aliphatic rings. The monoisotopic (exact) mass is 513 g/mol. The van der Waals surface area contributed by atoms with Crippen molar-refractivity contribution in [3.8, 4) is 0 Å². The van der Waals surface area contributed by atoms with Crippen molar-refractivity contribution in [1.29, 1.82) is 0 Å². The normalized spacial score (nSPS) is 15.4. The van der Waals surface area contributed by atoms with Crippen molar-refractivity contribution in [2.24, 2.45) is 4.99 Å². The van der Waals surface area contributed by atoms with E-state index in [9.17, 15) is 0 Å². The smallest absolute Gasteiger partial charge is 0.193 e. The molecule has 1 aromatic heterocycles. The zero-order chi connectivity index (χ0) is 19.1. The number of piperazine rings is 1. The molecule has 5 nitrogen and oxygen atoms in total. The molecule has 7 heteroatoms. The topological polar surface area (TPSA) is 43.8 Å². The number of thiazole rings is 1. The number of nitrogens with one attached hydrogen (secondary N) is 1. The molecule has 28 heavy (non-hydrogen) atoms. The Bertz CT molecular complexity index is 753. The standard InChI is InChI=1S/C21H31N5S.HI/c1-4-19-15-24-20(27-19)8-9-23-21(22-3)26-12-10-25(11-13-26)16-18-7-5-6-17(2)14-18;/h5-7,14-15H,4,8-13,16H2,1-3H3,(H,22,23);1H. The van der Waals surface area contributed by atoms with E-state index in [1.54, 1.807) is 0 Å². The first-order valence-corrected chi connectivity index (χ1v) is 10.7. The molecule has 0 atom stereocenters. The number of benzene rings is 1. The van der Waals surface area contributed by atoms with E-state index in [4.69, 9.17) is 0 Å². The largest absolute Gasteiger partial charge is 0.356 e. The molecule has 1 aliphatic heterocycles. The zero-order valence-corrected chi connectivity index (χ0v) is 20.3. The fourth-order valence-electron chi connectivity index (χ4n) is 3.43. The van der Waals surface area contributed by atoms with Crippen LogP contribution in [0.2, 0.25) is 0 Å². The fourth-order valence-corrected chi connectivity index (χ4v) is 4.29. The van der Waals surface area contributed by atoms with E-state index >= 15 is 0 Å². The van der Waals surface area contributed by atoms with Gasteiger partial charge in [-0.05, 0) is 18.9 Å². The lowest BCUT2D eigenvalue weighted by atomic mass is 10.1. The van der Waals surface area contributed by atoms with Crippen LogP contribution in [0.3, 0.4) is 0 Å². The van der Waals surface area contributed by atoms with Gasteiger partial charge in [-0.2, -0.15) is 0 Å². The maximum atomic E-state index is 4.50. The lowest BCUT2D eigenvalue weighted by molar-refractivity contribution is 0.172. The number of hydrogen-bond acceptors (Lipinski definition) is 4. The van der Waals surface area contributed by atoms with Crippen molar-refractivity contribution in [3.63, 3.8) is 0 Å². The molecule has 0 saturated carbocycles. The van der Waals surface area contributed by atoms with Crippen LogP contribution < -0.4 is 5.32 Å². The fraction of sp³-hybridized carbons (Fsp3) is 0.524. The highest BCUT2D eigenvalue weighted by Gasteiger charge is 2.19. The molecular weight excluding hydrogens is 481 g/mol. The Labute approximate surface area is 190 Å². The summed E-state index contributed by atoms with van der Waals surface area (Å²) in [5, 5.41) is 4.72. The summed E-state index contributed by atoms with van der Waals surface area (Å²) in [7, 11) is 1.88. The van der Waals surface area contributed by atoms with E-state index in [1.807, 2.05) is 24.6 Å². The van der Waals surface area contributed by atoms with E-state index < -0.39 is 0 Å². The molecule has 0 spiro atoms. The maximum Gasteiger partial charge on any atom is 0.193 e. The molecule has 1 fully saturated rings. The third-order valence-electron chi connectivity index (χ3n) is 4.94. The Morgan fingerprint density at radius 3 is 2.68 bits per heavy atom.